The van der Waals surface area contributed by atoms with Crippen molar-refractivity contribution < 1.29 is 18.3 Å². The van der Waals surface area contributed by atoms with Crippen LogP contribution in [0.3, 0.4) is 0 Å². The standard InChI is InChI=1S/C12H12F3N5O/c13-12(14,15)11-18-17-10-6-19(3-4-20(10)11)9-5-16-2-1-8(9)7-21/h1-2,5,21H,3-4,6-7H2. The molecule has 6 nitrogen and oxygen atoms in total. The van der Waals surface area contributed by atoms with Crippen LogP contribution in [0.1, 0.15) is 17.2 Å². The van der Waals surface area contributed by atoms with Crippen LogP contribution in [0.2, 0.25) is 0 Å². The van der Waals surface area contributed by atoms with E-state index in [1.807, 2.05) is 4.90 Å². The number of pyridine rings is 1. The summed E-state index contributed by atoms with van der Waals surface area (Å²) in [5, 5.41) is 16.2. The quantitative estimate of drug-likeness (QED) is 0.902. The number of hydrogen-bond acceptors (Lipinski definition) is 5. The Morgan fingerprint density at radius 3 is 2.76 bits per heavy atom. The SMILES string of the molecule is OCc1ccncc1N1CCn2c(nnc2C(F)(F)F)C1. The van der Waals surface area contributed by atoms with Crippen LogP contribution in [0.25, 0.3) is 0 Å². The number of rotatable bonds is 2. The zero-order valence-corrected chi connectivity index (χ0v) is 10.9. The molecule has 2 aromatic rings. The van der Waals surface area contributed by atoms with Gasteiger partial charge in [-0.15, -0.1) is 10.2 Å². The van der Waals surface area contributed by atoms with E-state index in [0.29, 0.717) is 17.8 Å². The zero-order chi connectivity index (χ0) is 15.0. The van der Waals surface area contributed by atoms with Crippen LogP contribution in [0.5, 0.6) is 0 Å². The fourth-order valence-electron chi connectivity index (χ4n) is 2.41. The van der Waals surface area contributed by atoms with E-state index in [9.17, 15) is 18.3 Å². The van der Waals surface area contributed by atoms with Gasteiger partial charge in [-0.3, -0.25) is 4.98 Å². The molecule has 9 heteroatoms. The molecule has 1 aliphatic heterocycles. The van der Waals surface area contributed by atoms with Crippen LogP contribution in [0, 0.1) is 0 Å². The normalized spacial score (nSPS) is 15.1. The largest absolute Gasteiger partial charge is 0.451 e. The minimum atomic E-state index is -4.50. The Balaban J connectivity index is 1.90. The predicted molar refractivity (Wildman–Crippen MR) is 66.2 cm³/mol. The molecule has 0 amide bonds. The summed E-state index contributed by atoms with van der Waals surface area (Å²) in [4.78, 5) is 5.83. The molecule has 0 saturated carbocycles. The summed E-state index contributed by atoms with van der Waals surface area (Å²) in [6.45, 7) is 0.542. The van der Waals surface area contributed by atoms with E-state index in [2.05, 4.69) is 15.2 Å². The molecule has 0 atom stereocenters. The van der Waals surface area contributed by atoms with E-state index in [1.165, 1.54) is 0 Å². The van der Waals surface area contributed by atoms with Gasteiger partial charge in [-0.1, -0.05) is 0 Å². The lowest BCUT2D eigenvalue weighted by Crippen LogP contribution is -2.35. The molecule has 3 heterocycles. The van der Waals surface area contributed by atoms with Crippen molar-refractivity contribution in [1.29, 1.82) is 0 Å². The van der Waals surface area contributed by atoms with Gasteiger partial charge >= 0.3 is 6.18 Å². The Bertz CT molecular complexity index is 655. The maximum atomic E-state index is 12.8. The summed E-state index contributed by atoms with van der Waals surface area (Å²) in [6.07, 6.45) is -1.36. The van der Waals surface area contributed by atoms with Gasteiger partial charge in [0, 0.05) is 24.8 Å². The summed E-state index contributed by atoms with van der Waals surface area (Å²) in [5.74, 6) is -0.716. The molecule has 3 rings (SSSR count). The van der Waals surface area contributed by atoms with Crippen molar-refractivity contribution in [2.45, 2.75) is 25.9 Å². The number of aromatic nitrogens is 4. The third-order valence-corrected chi connectivity index (χ3v) is 3.41. The van der Waals surface area contributed by atoms with E-state index in [4.69, 9.17) is 0 Å². The molecule has 0 unspecified atom stereocenters. The van der Waals surface area contributed by atoms with Gasteiger partial charge < -0.3 is 14.6 Å². The average molecular weight is 299 g/mol. The molecule has 1 aliphatic rings. The smallest absolute Gasteiger partial charge is 0.392 e. The van der Waals surface area contributed by atoms with Crippen molar-refractivity contribution in [3.8, 4) is 0 Å². The van der Waals surface area contributed by atoms with Gasteiger partial charge in [0.2, 0.25) is 5.82 Å². The summed E-state index contributed by atoms with van der Waals surface area (Å²) in [5.41, 5.74) is 1.37. The maximum absolute atomic E-state index is 12.8. The summed E-state index contributed by atoms with van der Waals surface area (Å²) in [7, 11) is 0. The lowest BCUT2D eigenvalue weighted by Gasteiger charge is -2.30. The minimum absolute atomic E-state index is 0.136. The first-order valence-electron chi connectivity index (χ1n) is 6.28. The van der Waals surface area contributed by atoms with Gasteiger partial charge in [0.05, 0.1) is 25.0 Å². The minimum Gasteiger partial charge on any atom is -0.392 e. The Kier molecular flexibility index (Phi) is 3.28. The van der Waals surface area contributed by atoms with Gasteiger partial charge in [-0.05, 0) is 6.07 Å². The number of halogens is 3. The Morgan fingerprint density at radius 2 is 2.05 bits per heavy atom. The van der Waals surface area contributed by atoms with Crippen LogP contribution in [0.4, 0.5) is 18.9 Å². The number of alkyl halides is 3. The highest BCUT2D eigenvalue weighted by Gasteiger charge is 2.39. The first kappa shape index (κ1) is 13.8. The van der Waals surface area contributed by atoms with Crippen molar-refractivity contribution >= 4 is 5.69 Å². The number of hydrogen-bond donors (Lipinski definition) is 1. The fourth-order valence-corrected chi connectivity index (χ4v) is 2.41. The molecule has 21 heavy (non-hydrogen) atoms. The third kappa shape index (κ3) is 2.44. The highest BCUT2D eigenvalue weighted by atomic mass is 19.4. The Hall–Kier alpha value is -2.16. The molecule has 1 N–H and O–H groups in total. The molecule has 0 spiro atoms. The first-order chi connectivity index (χ1) is 10.0. The fraction of sp³-hybridized carbons (Fsp3) is 0.417. The van der Waals surface area contributed by atoms with E-state index in [1.54, 1.807) is 18.5 Å². The number of anilines is 1. The summed E-state index contributed by atoms with van der Waals surface area (Å²) >= 11 is 0. The molecule has 0 saturated heterocycles. The molecular formula is C12H12F3N5O. The average Bonchev–Trinajstić information content (AvgIpc) is 2.90. The van der Waals surface area contributed by atoms with Crippen molar-refractivity contribution in [1.82, 2.24) is 19.7 Å². The Morgan fingerprint density at radius 1 is 1.24 bits per heavy atom. The molecule has 2 aromatic heterocycles. The number of aliphatic hydroxyl groups excluding tert-OH is 1. The molecule has 0 bridgehead atoms. The molecule has 0 aliphatic carbocycles. The lowest BCUT2D eigenvalue weighted by atomic mass is 10.2. The second kappa shape index (κ2) is 4.99. The molecule has 0 fully saturated rings. The van der Waals surface area contributed by atoms with Crippen molar-refractivity contribution in [2.24, 2.45) is 0 Å². The summed E-state index contributed by atoms with van der Waals surface area (Å²) < 4.78 is 39.4. The first-order valence-corrected chi connectivity index (χ1v) is 6.28. The predicted octanol–water partition coefficient (Wildman–Crippen LogP) is 1.20. The highest BCUT2D eigenvalue weighted by Crippen LogP contribution is 2.30. The number of aliphatic hydroxyl groups is 1. The number of fused-ring (bicyclic) bond motifs is 1. The zero-order valence-electron chi connectivity index (χ0n) is 10.9. The topological polar surface area (TPSA) is 67.1 Å². The van der Waals surface area contributed by atoms with Gasteiger partial charge in [-0.2, -0.15) is 13.2 Å². The monoisotopic (exact) mass is 299 g/mol. The van der Waals surface area contributed by atoms with Crippen molar-refractivity contribution in [3.63, 3.8) is 0 Å². The van der Waals surface area contributed by atoms with E-state index in [0.717, 1.165) is 4.57 Å². The van der Waals surface area contributed by atoms with E-state index in [-0.39, 0.29) is 25.5 Å². The van der Waals surface area contributed by atoms with Gasteiger partial charge in [-0.25, -0.2) is 0 Å². The van der Waals surface area contributed by atoms with Crippen LogP contribution < -0.4 is 4.90 Å². The van der Waals surface area contributed by atoms with Crippen LogP contribution >= 0.6 is 0 Å². The molecular weight excluding hydrogens is 287 g/mol. The van der Waals surface area contributed by atoms with Gasteiger partial charge in [0.25, 0.3) is 0 Å². The van der Waals surface area contributed by atoms with Crippen molar-refractivity contribution in [2.75, 3.05) is 11.4 Å². The van der Waals surface area contributed by atoms with E-state index < -0.39 is 12.0 Å². The third-order valence-electron chi connectivity index (χ3n) is 3.41. The van der Waals surface area contributed by atoms with Crippen molar-refractivity contribution in [3.05, 3.63) is 35.7 Å². The lowest BCUT2D eigenvalue weighted by molar-refractivity contribution is -0.147. The van der Waals surface area contributed by atoms with Crippen LogP contribution in [0.15, 0.2) is 18.5 Å². The molecule has 112 valence electrons. The number of nitrogens with zero attached hydrogens (tertiary/aromatic N) is 5. The van der Waals surface area contributed by atoms with E-state index >= 15 is 0 Å². The highest BCUT2D eigenvalue weighted by molar-refractivity contribution is 5.51. The molecule has 0 aromatic carbocycles. The second-order valence-electron chi connectivity index (χ2n) is 4.67. The summed E-state index contributed by atoms with van der Waals surface area (Å²) in [6, 6.07) is 1.68. The maximum Gasteiger partial charge on any atom is 0.451 e. The molecule has 0 radical (unpaired) electrons. The van der Waals surface area contributed by atoms with Crippen LogP contribution in [-0.4, -0.2) is 31.4 Å². The second-order valence-corrected chi connectivity index (χ2v) is 4.67. The van der Waals surface area contributed by atoms with Crippen LogP contribution in [-0.2, 0) is 25.9 Å². The van der Waals surface area contributed by atoms with Gasteiger partial charge in [0.1, 0.15) is 0 Å². The Labute approximate surface area is 117 Å². The van der Waals surface area contributed by atoms with Gasteiger partial charge in [0.15, 0.2) is 5.82 Å².